The zero-order valence-corrected chi connectivity index (χ0v) is 18.6. The van der Waals surface area contributed by atoms with E-state index in [1.165, 1.54) is 0 Å². The van der Waals surface area contributed by atoms with Crippen LogP contribution >= 0.6 is 0 Å². The van der Waals surface area contributed by atoms with E-state index in [0.717, 1.165) is 37.0 Å². The lowest BCUT2D eigenvalue weighted by Gasteiger charge is -2.45. The molecular formula is C24H21F3N6O. The summed E-state index contributed by atoms with van der Waals surface area (Å²) in [5, 5.41) is 9.11. The first kappa shape index (κ1) is 20.9. The number of carbonyl (C=O) groups is 1. The molecule has 34 heavy (non-hydrogen) atoms. The zero-order chi connectivity index (χ0) is 23.7. The maximum atomic E-state index is 14.0. The number of halogens is 3. The third-order valence-corrected chi connectivity index (χ3v) is 6.95. The molecule has 6 rings (SSSR count). The third-order valence-electron chi connectivity index (χ3n) is 6.95. The summed E-state index contributed by atoms with van der Waals surface area (Å²) in [7, 11) is 1.70. The molecule has 2 bridgehead atoms. The van der Waals surface area contributed by atoms with Crippen LogP contribution in [0.4, 0.5) is 13.2 Å². The predicted octanol–water partition coefficient (Wildman–Crippen LogP) is 4.15. The summed E-state index contributed by atoms with van der Waals surface area (Å²) >= 11 is 0. The SMILES string of the molecule is Cc1nn2cccnc2c1C(=O)N1[C@@H]2CCC[C@H]1c1nn(C)c(-c3cc(F)c(F)c(F)c3)c1C2. The molecule has 0 spiro atoms. The molecule has 2 aliphatic rings. The van der Waals surface area contributed by atoms with E-state index in [-0.39, 0.29) is 23.6 Å². The van der Waals surface area contributed by atoms with Gasteiger partial charge in [0.05, 0.1) is 23.1 Å². The number of piperidine rings is 1. The first-order valence-corrected chi connectivity index (χ1v) is 11.2. The second-order valence-electron chi connectivity index (χ2n) is 8.96. The molecule has 7 nitrogen and oxygen atoms in total. The summed E-state index contributed by atoms with van der Waals surface area (Å²) in [6.45, 7) is 1.80. The summed E-state index contributed by atoms with van der Waals surface area (Å²) in [5.74, 6) is -4.12. The molecular weight excluding hydrogens is 445 g/mol. The summed E-state index contributed by atoms with van der Waals surface area (Å²) in [6, 6.07) is 3.37. The highest BCUT2D eigenvalue weighted by Crippen LogP contribution is 2.45. The van der Waals surface area contributed by atoms with Crippen LogP contribution in [0.2, 0.25) is 0 Å². The van der Waals surface area contributed by atoms with Gasteiger partial charge >= 0.3 is 0 Å². The first-order valence-electron chi connectivity index (χ1n) is 11.2. The minimum absolute atomic E-state index is 0.102. The minimum Gasteiger partial charge on any atom is -0.326 e. The van der Waals surface area contributed by atoms with Gasteiger partial charge in [0.15, 0.2) is 23.1 Å². The Kier molecular flexibility index (Phi) is 4.55. The van der Waals surface area contributed by atoms with Crippen molar-refractivity contribution in [3.8, 4) is 11.3 Å². The Morgan fingerprint density at radius 3 is 2.65 bits per heavy atom. The van der Waals surface area contributed by atoms with E-state index in [4.69, 9.17) is 0 Å². The Hall–Kier alpha value is -3.69. The van der Waals surface area contributed by atoms with E-state index in [0.29, 0.717) is 34.7 Å². The third kappa shape index (κ3) is 2.90. The number of hydrogen-bond donors (Lipinski definition) is 0. The van der Waals surface area contributed by atoms with Crippen molar-refractivity contribution in [3.05, 3.63) is 70.6 Å². The van der Waals surface area contributed by atoms with Crippen molar-refractivity contribution < 1.29 is 18.0 Å². The Morgan fingerprint density at radius 1 is 1.12 bits per heavy atom. The van der Waals surface area contributed by atoms with Crippen molar-refractivity contribution >= 4 is 11.6 Å². The lowest BCUT2D eigenvalue weighted by Crippen LogP contribution is -2.50. The lowest BCUT2D eigenvalue weighted by molar-refractivity contribution is 0.0393. The predicted molar refractivity (Wildman–Crippen MR) is 116 cm³/mol. The topological polar surface area (TPSA) is 68.3 Å². The van der Waals surface area contributed by atoms with Crippen LogP contribution in [0.1, 0.15) is 52.6 Å². The molecule has 4 aromatic rings. The van der Waals surface area contributed by atoms with Crippen LogP contribution in [0, 0.1) is 24.4 Å². The monoisotopic (exact) mass is 466 g/mol. The van der Waals surface area contributed by atoms with Crippen molar-refractivity contribution in [2.24, 2.45) is 7.05 Å². The summed E-state index contributed by atoms with van der Waals surface area (Å²) in [4.78, 5) is 20.1. The first-order chi connectivity index (χ1) is 16.3. The van der Waals surface area contributed by atoms with Crippen molar-refractivity contribution in [2.45, 2.75) is 44.7 Å². The van der Waals surface area contributed by atoms with Crippen molar-refractivity contribution in [3.63, 3.8) is 0 Å². The van der Waals surface area contributed by atoms with Crippen LogP contribution < -0.4 is 0 Å². The molecule has 0 saturated carbocycles. The van der Waals surface area contributed by atoms with Gasteiger partial charge in [0.25, 0.3) is 5.91 Å². The molecule has 0 unspecified atom stereocenters. The highest BCUT2D eigenvalue weighted by atomic mass is 19.2. The normalized spacial score (nSPS) is 19.5. The van der Waals surface area contributed by atoms with Gasteiger partial charge in [-0.1, -0.05) is 0 Å². The Bertz CT molecular complexity index is 1450. The maximum Gasteiger partial charge on any atom is 0.260 e. The van der Waals surface area contributed by atoms with Gasteiger partial charge in [0.1, 0.15) is 5.56 Å². The van der Waals surface area contributed by atoms with Gasteiger partial charge in [-0.3, -0.25) is 9.48 Å². The Morgan fingerprint density at radius 2 is 1.88 bits per heavy atom. The quantitative estimate of drug-likeness (QED) is 0.417. The van der Waals surface area contributed by atoms with E-state index < -0.39 is 17.5 Å². The van der Waals surface area contributed by atoms with Gasteiger partial charge in [0, 0.05) is 36.6 Å². The van der Waals surface area contributed by atoms with Crippen LogP contribution in [0.3, 0.4) is 0 Å². The number of fused-ring (bicyclic) bond motifs is 5. The molecule has 3 aromatic heterocycles. The molecule has 0 aliphatic carbocycles. The molecule has 1 amide bonds. The number of aromatic nitrogens is 5. The minimum atomic E-state index is -1.49. The number of hydrogen-bond acceptors (Lipinski definition) is 4. The van der Waals surface area contributed by atoms with E-state index >= 15 is 0 Å². The molecule has 1 fully saturated rings. The maximum absolute atomic E-state index is 14.0. The molecule has 1 saturated heterocycles. The molecule has 1 aromatic carbocycles. The fraction of sp³-hybridized carbons (Fsp3) is 0.333. The number of rotatable bonds is 2. The molecule has 10 heteroatoms. The lowest BCUT2D eigenvalue weighted by atomic mass is 9.81. The van der Waals surface area contributed by atoms with Crippen LogP contribution in [-0.4, -0.2) is 41.2 Å². The molecule has 0 N–H and O–H groups in total. The number of aryl methyl sites for hydroxylation is 2. The smallest absolute Gasteiger partial charge is 0.260 e. The molecule has 5 heterocycles. The van der Waals surface area contributed by atoms with Crippen LogP contribution in [-0.2, 0) is 13.5 Å². The fourth-order valence-corrected chi connectivity index (χ4v) is 5.58. The van der Waals surface area contributed by atoms with E-state index in [2.05, 4.69) is 15.2 Å². The van der Waals surface area contributed by atoms with Gasteiger partial charge in [0.2, 0.25) is 0 Å². The van der Waals surface area contributed by atoms with Gasteiger partial charge in [-0.2, -0.15) is 10.2 Å². The average molecular weight is 466 g/mol. The largest absolute Gasteiger partial charge is 0.326 e. The van der Waals surface area contributed by atoms with Gasteiger partial charge in [-0.15, -0.1) is 0 Å². The Labute approximate surface area is 192 Å². The second-order valence-corrected chi connectivity index (χ2v) is 8.96. The highest BCUT2D eigenvalue weighted by molar-refractivity contribution is 6.01. The number of nitrogens with zero attached hydrogens (tertiary/aromatic N) is 6. The van der Waals surface area contributed by atoms with Crippen molar-refractivity contribution in [1.29, 1.82) is 0 Å². The zero-order valence-electron chi connectivity index (χ0n) is 18.6. The number of benzene rings is 1. The summed E-state index contributed by atoms with van der Waals surface area (Å²) in [6.07, 6.45) is 6.35. The molecule has 2 atom stereocenters. The second kappa shape index (κ2) is 7.41. The van der Waals surface area contributed by atoms with Crippen LogP contribution in [0.5, 0.6) is 0 Å². The van der Waals surface area contributed by atoms with E-state index in [1.54, 1.807) is 41.6 Å². The fourth-order valence-electron chi connectivity index (χ4n) is 5.58. The molecule has 0 radical (unpaired) electrons. The van der Waals surface area contributed by atoms with Gasteiger partial charge < -0.3 is 4.90 Å². The van der Waals surface area contributed by atoms with Crippen molar-refractivity contribution in [1.82, 2.24) is 29.3 Å². The van der Waals surface area contributed by atoms with Crippen molar-refractivity contribution in [2.75, 3.05) is 0 Å². The molecule has 2 aliphatic heterocycles. The van der Waals surface area contributed by atoms with Gasteiger partial charge in [-0.05, 0) is 50.8 Å². The van der Waals surface area contributed by atoms with Gasteiger partial charge in [-0.25, -0.2) is 22.7 Å². The number of amides is 1. The van der Waals surface area contributed by atoms with Crippen LogP contribution in [0.25, 0.3) is 16.9 Å². The van der Waals surface area contributed by atoms with Crippen LogP contribution in [0.15, 0.2) is 30.6 Å². The van der Waals surface area contributed by atoms with E-state index in [1.807, 2.05) is 4.90 Å². The highest BCUT2D eigenvalue weighted by Gasteiger charge is 2.44. The summed E-state index contributed by atoms with van der Waals surface area (Å²) in [5.41, 5.74) is 3.92. The summed E-state index contributed by atoms with van der Waals surface area (Å²) < 4.78 is 44.8. The standard InChI is InChI=1S/C24H21F3N6O/c1-12-19(23-28-7-4-8-32(23)29-12)24(34)33-14-5-3-6-18(33)21-15(11-14)22(31(2)30-21)13-9-16(25)20(27)17(26)10-13/h4,7-10,14,18H,3,5-6,11H2,1-2H3/t14-,18+/m1/s1. The Balaban J connectivity index is 1.46. The average Bonchev–Trinajstić information content (AvgIpc) is 3.31. The number of carbonyl (C=O) groups excluding carboxylic acids is 1. The van der Waals surface area contributed by atoms with E-state index in [9.17, 15) is 18.0 Å². The molecule has 174 valence electrons.